The molecule has 1 heterocycles. The van der Waals surface area contributed by atoms with Crippen molar-refractivity contribution in [3.05, 3.63) is 26.6 Å². The van der Waals surface area contributed by atoms with Gasteiger partial charge in [0.25, 0.3) is 6.43 Å². The summed E-state index contributed by atoms with van der Waals surface area (Å²) in [4.78, 5) is 15.2. The highest BCUT2D eigenvalue weighted by atomic mass is 127. The topological polar surface area (TPSA) is 39.2 Å². The first-order valence-corrected chi connectivity index (χ1v) is 6.12. The van der Waals surface area contributed by atoms with Gasteiger partial charge in [-0.2, -0.15) is 0 Å². The van der Waals surface area contributed by atoms with Crippen LogP contribution in [0.4, 0.5) is 8.78 Å². The zero-order valence-corrected chi connectivity index (χ0v) is 11.6. The molecule has 0 amide bonds. The molecule has 1 aromatic rings. The second-order valence-corrected chi connectivity index (χ2v) is 4.45. The second kappa shape index (κ2) is 6.23. The third-order valence-electron chi connectivity index (χ3n) is 2.21. The summed E-state index contributed by atoms with van der Waals surface area (Å²) in [5.74, 6) is -0.429. The number of halogens is 3. The van der Waals surface area contributed by atoms with Gasteiger partial charge in [0.05, 0.1) is 13.0 Å². The molecule has 0 radical (unpaired) electrons. The van der Waals surface area contributed by atoms with E-state index in [0.29, 0.717) is 14.8 Å². The summed E-state index contributed by atoms with van der Waals surface area (Å²) in [6.07, 6.45) is -1.46. The van der Waals surface area contributed by atoms with Crippen molar-refractivity contribution in [2.24, 2.45) is 0 Å². The fourth-order valence-electron chi connectivity index (χ4n) is 1.35. The number of aryl methyl sites for hydroxylation is 1. The Balaban J connectivity index is 3.05. The first kappa shape index (κ1) is 14.3. The number of carbonyl (C=O) groups excluding carboxylic acids is 1. The molecule has 0 atom stereocenters. The van der Waals surface area contributed by atoms with Gasteiger partial charge in [0, 0.05) is 21.0 Å². The van der Waals surface area contributed by atoms with Crippen LogP contribution in [0.3, 0.4) is 0 Å². The Labute approximate surface area is 112 Å². The number of esters is 1. The lowest BCUT2D eigenvalue weighted by molar-refractivity contribution is -0.142. The molecule has 1 aromatic heterocycles. The number of hydrogen-bond acceptors (Lipinski definition) is 3. The first-order chi connectivity index (χ1) is 7.97. The van der Waals surface area contributed by atoms with Crippen LogP contribution in [0, 0.1) is 10.5 Å². The molecule has 6 heteroatoms. The van der Waals surface area contributed by atoms with E-state index in [1.165, 1.54) is 0 Å². The summed E-state index contributed by atoms with van der Waals surface area (Å²) in [6.45, 7) is 3.66. The van der Waals surface area contributed by atoms with Gasteiger partial charge in [0.2, 0.25) is 0 Å². The average molecular weight is 355 g/mol. The number of rotatable bonds is 4. The van der Waals surface area contributed by atoms with Gasteiger partial charge < -0.3 is 4.74 Å². The first-order valence-electron chi connectivity index (χ1n) is 5.05. The van der Waals surface area contributed by atoms with Crippen molar-refractivity contribution in [2.75, 3.05) is 6.61 Å². The van der Waals surface area contributed by atoms with Crippen LogP contribution in [0.25, 0.3) is 0 Å². The van der Waals surface area contributed by atoms with Crippen LogP contribution >= 0.6 is 22.6 Å². The molecule has 0 aliphatic heterocycles. The van der Waals surface area contributed by atoms with Crippen molar-refractivity contribution in [1.82, 2.24) is 4.98 Å². The van der Waals surface area contributed by atoms with Gasteiger partial charge in [-0.15, -0.1) is 0 Å². The van der Waals surface area contributed by atoms with E-state index in [-0.39, 0.29) is 18.6 Å². The Kier molecular flexibility index (Phi) is 5.23. The standard InChI is InChI=1S/C11H12F2INO2/c1-3-17-9(16)4-7-6(2)15-5-8(10(7)14)11(12)13/h5,11H,3-4H2,1-2H3. The van der Waals surface area contributed by atoms with Gasteiger partial charge in [-0.1, -0.05) is 0 Å². The third-order valence-corrected chi connectivity index (χ3v) is 3.49. The molecule has 0 bridgehead atoms. The summed E-state index contributed by atoms with van der Waals surface area (Å²) < 4.78 is 30.5. The van der Waals surface area contributed by atoms with Crippen LogP contribution in [0.2, 0.25) is 0 Å². The van der Waals surface area contributed by atoms with Gasteiger partial charge in [-0.25, -0.2) is 8.78 Å². The Morgan fingerprint density at radius 2 is 2.24 bits per heavy atom. The number of ether oxygens (including phenoxy) is 1. The van der Waals surface area contributed by atoms with Gasteiger partial charge in [0.1, 0.15) is 0 Å². The minimum atomic E-state index is -2.59. The fourth-order valence-corrected chi connectivity index (χ4v) is 2.30. The molecule has 0 spiro atoms. The molecule has 0 fully saturated rings. The molecule has 3 nitrogen and oxygen atoms in total. The predicted octanol–water partition coefficient (Wildman–Crippen LogP) is 3.04. The van der Waals surface area contributed by atoms with Crippen molar-refractivity contribution < 1.29 is 18.3 Å². The highest BCUT2D eigenvalue weighted by molar-refractivity contribution is 14.1. The Morgan fingerprint density at radius 1 is 1.59 bits per heavy atom. The Morgan fingerprint density at radius 3 is 2.76 bits per heavy atom. The molecule has 94 valence electrons. The fraction of sp³-hybridized carbons (Fsp3) is 0.455. The molecule has 0 aliphatic carbocycles. The maximum absolute atomic E-state index is 12.7. The van der Waals surface area contributed by atoms with E-state index in [1.54, 1.807) is 13.8 Å². The number of carbonyl (C=O) groups is 1. The van der Waals surface area contributed by atoms with E-state index in [4.69, 9.17) is 4.74 Å². The number of alkyl halides is 2. The van der Waals surface area contributed by atoms with Crippen LogP contribution in [0.15, 0.2) is 6.20 Å². The maximum atomic E-state index is 12.7. The molecule has 0 N–H and O–H groups in total. The molecule has 0 saturated heterocycles. The molecule has 1 rings (SSSR count). The van der Waals surface area contributed by atoms with Gasteiger partial charge in [-0.3, -0.25) is 9.78 Å². The summed E-state index contributed by atoms with van der Waals surface area (Å²) in [7, 11) is 0. The largest absolute Gasteiger partial charge is 0.466 e. The van der Waals surface area contributed by atoms with E-state index in [9.17, 15) is 13.6 Å². The van der Waals surface area contributed by atoms with Crippen LogP contribution in [0.1, 0.15) is 30.2 Å². The molecule has 0 aliphatic rings. The number of hydrogen-bond donors (Lipinski definition) is 0. The van der Waals surface area contributed by atoms with Crippen molar-refractivity contribution in [2.45, 2.75) is 26.7 Å². The lowest BCUT2D eigenvalue weighted by atomic mass is 10.1. The highest BCUT2D eigenvalue weighted by Crippen LogP contribution is 2.27. The molecular formula is C11H12F2INO2. The second-order valence-electron chi connectivity index (χ2n) is 3.37. The SMILES string of the molecule is CCOC(=O)Cc1c(C)ncc(C(F)F)c1I. The van der Waals surface area contributed by atoms with Gasteiger partial charge in [-0.05, 0) is 42.0 Å². The number of pyridine rings is 1. The normalized spacial score (nSPS) is 10.7. The lowest BCUT2D eigenvalue weighted by Gasteiger charge is -2.11. The predicted molar refractivity (Wildman–Crippen MR) is 67.0 cm³/mol. The monoisotopic (exact) mass is 355 g/mol. The third kappa shape index (κ3) is 3.58. The molecule has 17 heavy (non-hydrogen) atoms. The minimum absolute atomic E-state index is 0.0223. The van der Waals surface area contributed by atoms with Gasteiger partial charge in [0.15, 0.2) is 0 Å². The molecule has 0 saturated carbocycles. The van der Waals surface area contributed by atoms with E-state index in [2.05, 4.69) is 4.98 Å². The molecular weight excluding hydrogens is 343 g/mol. The van der Waals surface area contributed by atoms with Crippen LogP contribution < -0.4 is 0 Å². The summed E-state index contributed by atoms with van der Waals surface area (Å²) in [6, 6.07) is 0. The smallest absolute Gasteiger partial charge is 0.310 e. The highest BCUT2D eigenvalue weighted by Gasteiger charge is 2.19. The minimum Gasteiger partial charge on any atom is -0.466 e. The van der Waals surface area contributed by atoms with Crippen LogP contribution in [-0.4, -0.2) is 17.6 Å². The average Bonchev–Trinajstić information content (AvgIpc) is 2.24. The molecule has 0 aromatic carbocycles. The van der Waals surface area contributed by atoms with Crippen LogP contribution in [0.5, 0.6) is 0 Å². The van der Waals surface area contributed by atoms with E-state index < -0.39 is 12.4 Å². The molecule has 0 unspecified atom stereocenters. The van der Waals surface area contributed by atoms with E-state index >= 15 is 0 Å². The zero-order chi connectivity index (χ0) is 13.0. The summed E-state index contributed by atoms with van der Waals surface area (Å²) in [5.41, 5.74) is 0.948. The van der Waals surface area contributed by atoms with Crippen molar-refractivity contribution in [3.63, 3.8) is 0 Å². The zero-order valence-electron chi connectivity index (χ0n) is 9.47. The van der Waals surface area contributed by atoms with Gasteiger partial charge >= 0.3 is 5.97 Å². The van der Waals surface area contributed by atoms with Crippen molar-refractivity contribution in [3.8, 4) is 0 Å². The van der Waals surface area contributed by atoms with Crippen LogP contribution in [-0.2, 0) is 16.0 Å². The van der Waals surface area contributed by atoms with Crippen molar-refractivity contribution in [1.29, 1.82) is 0 Å². The summed E-state index contributed by atoms with van der Waals surface area (Å²) in [5, 5.41) is 0. The van der Waals surface area contributed by atoms with E-state index in [0.717, 1.165) is 6.20 Å². The lowest BCUT2D eigenvalue weighted by Crippen LogP contribution is -2.12. The Bertz CT molecular complexity index is 424. The quantitative estimate of drug-likeness (QED) is 0.616. The Hall–Kier alpha value is -0.790. The summed E-state index contributed by atoms with van der Waals surface area (Å²) >= 11 is 1.82. The number of nitrogens with zero attached hydrogens (tertiary/aromatic N) is 1. The van der Waals surface area contributed by atoms with Crippen molar-refractivity contribution >= 4 is 28.6 Å². The maximum Gasteiger partial charge on any atom is 0.310 e. The number of aromatic nitrogens is 1. The van der Waals surface area contributed by atoms with E-state index in [1.807, 2.05) is 22.6 Å².